The Hall–Kier alpha value is -2.66. The van der Waals surface area contributed by atoms with E-state index in [-0.39, 0.29) is 12.3 Å². The molecule has 1 aliphatic rings. The lowest BCUT2D eigenvalue weighted by Crippen LogP contribution is -2.29. The van der Waals surface area contributed by atoms with Crippen LogP contribution in [0.25, 0.3) is 10.6 Å². The average Bonchev–Trinajstić information content (AvgIpc) is 3.18. The first kappa shape index (κ1) is 17.7. The van der Waals surface area contributed by atoms with Gasteiger partial charge in [-0.1, -0.05) is 30.3 Å². The van der Waals surface area contributed by atoms with Crippen LogP contribution in [0.2, 0.25) is 0 Å². The highest BCUT2D eigenvalue weighted by atomic mass is 32.1. The summed E-state index contributed by atoms with van der Waals surface area (Å²) in [5, 5.41) is 5.88. The molecule has 5 heteroatoms. The molecule has 1 N–H and O–H groups in total. The molecule has 1 fully saturated rings. The van der Waals surface area contributed by atoms with Crippen molar-refractivity contribution in [3.05, 3.63) is 65.7 Å². The number of amides is 1. The molecule has 138 valence electrons. The summed E-state index contributed by atoms with van der Waals surface area (Å²) in [5.74, 6) is -0.0364. The fourth-order valence-corrected chi connectivity index (χ4v) is 4.20. The largest absolute Gasteiger partial charge is 0.372 e. The number of anilines is 2. The van der Waals surface area contributed by atoms with E-state index in [9.17, 15) is 4.79 Å². The summed E-state index contributed by atoms with van der Waals surface area (Å²) in [7, 11) is 0. The maximum absolute atomic E-state index is 12.4. The van der Waals surface area contributed by atoms with Gasteiger partial charge in [-0.05, 0) is 43.5 Å². The van der Waals surface area contributed by atoms with E-state index in [1.54, 1.807) is 11.3 Å². The molecule has 0 atom stereocenters. The number of nitrogens with zero attached hydrogens (tertiary/aromatic N) is 2. The van der Waals surface area contributed by atoms with Gasteiger partial charge in [0.1, 0.15) is 5.01 Å². The molecule has 0 spiro atoms. The van der Waals surface area contributed by atoms with Crippen LogP contribution in [-0.2, 0) is 11.2 Å². The molecule has 27 heavy (non-hydrogen) atoms. The molecule has 1 aromatic heterocycles. The molecule has 0 radical (unpaired) electrons. The van der Waals surface area contributed by atoms with Gasteiger partial charge in [0.25, 0.3) is 0 Å². The number of nitrogens with one attached hydrogen (secondary N) is 1. The Morgan fingerprint density at radius 1 is 1.00 bits per heavy atom. The minimum Gasteiger partial charge on any atom is -0.372 e. The highest BCUT2D eigenvalue weighted by Crippen LogP contribution is 2.24. The van der Waals surface area contributed by atoms with Gasteiger partial charge in [-0.25, -0.2) is 4.98 Å². The summed E-state index contributed by atoms with van der Waals surface area (Å²) < 4.78 is 0. The quantitative estimate of drug-likeness (QED) is 0.682. The Kier molecular flexibility index (Phi) is 5.49. The fraction of sp³-hybridized carbons (Fsp3) is 0.273. The van der Waals surface area contributed by atoms with Crippen LogP contribution < -0.4 is 10.2 Å². The van der Waals surface area contributed by atoms with Crippen molar-refractivity contribution in [3.8, 4) is 10.6 Å². The summed E-state index contributed by atoms with van der Waals surface area (Å²) in [4.78, 5) is 19.4. The molecule has 0 aliphatic carbocycles. The predicted octanol–water partition coefficient (Wildman–Crippen LogP) is 4.98. The second-order valence-corrected chi connectivity index (χ2v) is 7.69. The van der Waals surface area contributed by atoms with E-state index in [1.165, 1.54) is 24.9 Å². The number of thiazole rings is 1. The maximum Gasteiger partial charge on any atom is 0.230 e. The van der Waals surface area contributed by atoms with Gasteiger partial charge in [-0.3, -0.25) is 4.79 Å². The number of aromatic nitrogens is 1. The maximum atomic E-state index is 12.4. The number of benzene rings is 2. The van der Waals surface area contributed by atoms with Crippen LogP contribution in [0.1, 0.15) is 25.0 Å². The third kappa shape index (κ3) is 4.55. The fourth-order valence-electron chi connectivity index (χ4n) is 3.38. The first-order valence-corrected chi connectivity index (χ1v) is 10.3. The van der Waals surface area contributed by atoms with Crippen molar-refractivity contribution in [2.24, 2.45) is 0 Å². The number of carbonyl (C=O) groups is 1. The molecule has 4 rings (SSSR count). The van der Waals surface area contributed by atoms with Crippen molar-refractivity contribution in [1.82, 2.24) is 4.98 Å². The zero-order chi connectivity index (χ0) is 18.5. The summed E-state index contributed by atoms with van der Waals surface area (Å²) in [6, 6.07) is 18.2. The van der Waals surface area contributed by atoms with Crippen molar-refractivity contribution in [2.75, 3.05) is 23.3 Å². The smallest absolute Gasteiger partial charge is 0.230 e. The van der Waals surface area contributed by atoms with Gasteiger partial charge in [0, 0.05) is 35.4 Å². The van der Waals surface area contributed by atoms with Gasteiger partial charge in [0.2, 0.25) is 5.91 Å². The first-order valence-electron chi connectivity index (χ1n) is 9.43. The third-order valence-corrected chi connectivity index (χ3v) is 5.73. The van der Waals surface area contributed by atoms with Gasteiger partial charge >= 0.3 is 0 Å². The van der Waals surface area contributed by atoms with E-state index >= 15 is 0 Å². The molecule has 0 saturated carbocycles. The van der Waals surface area contributed by atoms with E-state index in [0.717, 1.165) is 35.0 Å². The highest BCUT2D eigenvalue weighted by molar-refractivity contribution is 7.13. The van der Waals surface area contributed by atoms with Crippen LogP contribution in [-0.4, -0.2) is 24.0 Å². The summed E-state index contributed by atoms with van der Waals surface area (Å²) in [5.41, 5.74) is 3.96. The van der Waals surface area contributed by atoms with E-state index in [2.05, 4.69) is 27.3 Å². The van der Waals surface area contributed by atoms with Crippen molar-refractivity contribution >= 4 is 28.6 Å². The molecule has 3 aromatic rings. The first-order chi connectivity index (χ1) is 13.3. The molecule has 0 bridgehead atoms. The number of rotatable bonds is 5. The standard InChI is InChI=1S/C22H23N3OS/c26-21(15-19-16-27-22(24-19)17-7-3-1-4-8-17)23-18-9-11-20(12-10-18)25-13-5-2-6-14-25/h1,3-4,7-12,16H,2,5-6,13-15H2,(H,23,26). The Morgan fingerprint density at radius 2 is 1.74 bits per heavy atom. The summed E-state index contributed by atoms with van der Waals surface area (Å²) in [6.45, 7) is 2.25. The van der Waals surface area contributed by atoms with Gasteiger partial charge < -0.3 is 10.2 Å². The van der Waals surface area contributed by atoms with Crippen molar-refractivity contribution < 1.29 is 4.79 Å². The second kappa shape index (κ2) is 8.35. The minimum atomic E-state index is -0.0364. The number of piperidine rings is 1. The normalized spacial score (nSPS) is 14.1. The SMILES string of the molecule is O=C(Cc1csc(-c2ccccc2)n1)Nc1ccc(N2CCCCC2)cc1. The molecule has 2 heterocycles. The van der Waals surface area contributed by atoms with Crippen molar-refractivity contribution in [1.29, 1.82) is 0 Å². The predicted molar refractivity (Wildman–Crippen MR) is 112 cm³/mol. The molecule has 2 aromatic carbocycles. The Morgan fingerprint density at radius 3 is 2.48 bits per heavy atom. The molecule has 1 amide bonds. The molecular formula is C22H23N3OS. The number of hydrogen-bond donors (Lipinski definition) is 1. The lowest BCUT2D eigenvalue weighted by molar-refractivity contribution is -0.115. The van der Waals surface area contributed by atoms with E-state index in [4.69, 9.17) is 0 Å². The lowest BCUT2D eigenvalue weighted by atomic mass is 10.1. The lowest BCUT2D eigenvalue weighted by Gasteiger charge is -2.28. The number of carbonyl (C=O) groups excluding carboxylic acids is 1. The topological polar surface area (TPSA) is 45.2 Å². The molecular weight excluding hydrogens is 354 g/mol. The monoisotopic (exact) mass is 377 g/mol. The zero-order valence-electron chi connectivity index (χ0n) is 15.2. The summed E-state index contributed by atoms with van der Waals surface area (Å²) >= 11 is 1.57. The van der Waals surface area contributed by atoms with E-state index in [0.29, 0.717) is 0 Å². The Balaban J connectivity index is 1.35. The van der Waals surface area contributed by atoms with Gasteiger partial charge in [-0.2, -0.15) is 0 Å². The van der Waals surface area contributed by atoms with Gasteiger partial charge in [0.15, 0.2) is 0 Å². The van der Waals surface area contributed by atoms with Crippen LogP contribution in [0.15, 0.2) is 60.0 Å². The van der Waals surface area contributed by atoms with Crippen LogP contribution >= 0.6 is 11.3 Å². The van der Waals surface area contributed by atoms with Crippen molar-refractivity contribution in [2.45, 2.75) is 25.7 Å². The van der Waals surface area contributed by atoms with E-state index in [1.807, 2.05) is 47.8 Å². The Bertz CT molecular complexity index is 883. The van der Waals surface area contributed by atoms with Crippen molar-refractivity contribution in [3.63, 3.8) is 0 Å². The molecule has 1 saturated heterocycles. The molecule has 4 nitrogen and oxygen atoms in total. The Labute approximate surface area is 163 Å². The summed E-state index contributed by atoms with van der Waals surface area (Å²) in [6.07, 6.45) is 4.14. The molecule has 0 unspecified atom stereocenters. The molecule has 1 aliphatic heterocycles. The van der Waals surface area contributed by atoms with Crippen LogP contribution in [0.4, 0.5) is 11.4 Å². The highest BCUT2D eigenvalue weighted by Gasteiger charge is 2.12. The van der Waals surface area contributed by atoms with Crippen LogP contribution in [0.5, 0.6) is 0 Å². The van der Waals surface area contributed by atoms with E-state index < -0.39 is 0 Å². The van der Waals surface area contributed by atoms with Crippen LogP contribution in [0, 0.1) is 0 Å². The van der Waals surface area contributed by atoms with Gasteiger partial charge in [0.05, 0.1) is 12.1 Å². The average molecular weight is 378 g/mol. The van der Waals surface area contributed by atoms with Crippen LogP contribution in [0.3, 0.4) is 0 Å². The number of hydrogen-bond acceptors (Lipinski definition) is 4. The second-order valence-electron chi connectivity index (χ2n) is 6.83. The zero-order valence-corrected chi connectivity index (χ0v) is 16.0. The third-order valence-electron chi connectivity index (χ3n) is 4.79. The van der Waals surface area contributed by atoms with Gasteiger partial charge in [-0.15, -0.1) is 11.3 Å². The minimum absolute atomic E-state index is 0.0364.